The minimum Gasteiger partial charge on any atom is -0.450 e. The third-order valence-corrected chi connectivity index (χ3v) is 3.98. The topological polar surface area (TPSA) is 95.5 Å². The molecule has 26 heavy (non-hydrogen) atoms. The van der Waals surface area contributed by atoms with E-state index in [2.05, 4.69) is 15.6 Å². The predicted octanol–water partition coefficient (Wildman–Crippen LogP) is 0.267. The van der Waals surface area contributed by atoms with Crippen molar-refractivity contribution in [1.82, 2.24) is 20.4 Å². The molecule has 0 atom stereocenters. The second kappa shape index (κ2) is 12.3. The highest BCUT2D eigenvalue weighted by atomic mass is 16.6. The maximum absolute atomic E-state index is 11.8. The summed E-state index contributed by atoms with van der Waals surface area (Å²) in [5.74, 6) is 0.530. The van der Waals surface area contributed by atoms with Crippen molar-refractivity contribution >= 4 is 18.0 Å². The molecule has 0 spiro atoms. The molecule has 1 heterocycles. The van der Waals surface area contributed by atoms with Gasteiger partial charge in [-0.25, -0.2) is 9.79 Å². The second-order valence-electron chi connectivity index (χ2n) is 6.18. The fourth-order valence-electron chi connectivity index (χ4n) is 2.44. The summed E-state index contributed by atoms with van der Waals surface area (Å²) < 4.78 is 10.4. The van der Waals surface area contributed by atoms with Crippen molar-refractivity contribution in [1.29, 1.82) is 0 Å². The van der Waals surface area contributed by atoms with Crippen LogP contribution in [0.5, 0.6) is 0 Å². The summed E-state index contributed by atoms with van der Waals surface area (Å²) >= 11 is 0. The summed E-state index contributed by atoms with van der Waals surface area (Å²) in [7, 11) is 3.41. The molecule has 2 N–H and O–H groups in total. The highest BCUT2D eigenvalue weighted by Gasteiger charge is 2.24. The van der Waals surface area contributed by atoms with Crippen LogP contribution in [-0.4, -0.2) is 93.9 Å². The Morgan fingerprint density at radius 2 is 1.88 bits per heavy atom. The summed E-state index contributed by atoms with van der Waals surface area (Å²) in [6.07, 6.45) is 1.34. The van der Waals surface area contributed by atoms with Crippen molar-refractivity contribution in [2.24, 2.45) is 4.99 Å². The number of nitrogens with zero attached hydrogens (tertiary/aromatic N) is 3. The molecule has 9 nitrogen and oxygen atoms in total. The van der Waals surface area contributed by atoms with E-state index in [9.17, 15) is 9.59 Å². The number of ether oxygens (including phenoxy) is 2. The van der Waals surface area contributed by atoms with Gasteiger partial charge in [-0.2, -0.15) is 0 Å². The van der Waals surface area contributed by atoms with E-state index in [4.69, 9.17) is 9.47 Å². The van der Waals surface area contributed by atoms with Crippen molar-refractivity contribution in [3.63, 3.8) is 0 Å². The standard InChI is InChI=1S/C17H33N5O4/c1-5-25-12-9-18-16(19-13-15(23)21(3)4)20-14-7-10-22(11-8-14)17(24)26-6-2/h14H,5-13H2,1-4H3,(H2,18,19,20). The normalized spacial score (nSPS) is 15.5. The van der Waals surface area contributed by atoms with Crippen LogP contribution in [0.4, 0.5) is 4.79 Å². The Kier molecular flexibility index (Phi) is 10.5. The Morgan fingerprint density at radius 3 is 2.46 bits per heavy atom. The van der Waals surface area contributed by atoms with E-state index < -0.39 is 0 Å². The highest BCUT2D eigenvalue weighted by molar-refractivity contribution is 5.85. The molecule has 0 aromatic heterocycles. The van der Waals surface area contributed by atoms with Crippen molar-refractivity contribution in [2.75, 3.05) is 60.1 Å². The maximum atomic E-state index is 11.8. The van der Waals surface area contributed by atoms with Gasteiger partial charge in [-0.05, 0) is 26.7 Å². The summed E-state index contributed by atoms with van der Waals surface area (Å²) in [4.78, 5) is 31.1. The molecule has 1 rings (SSSR count). The van der Waals surface area contributed by atoms with Crippen LogP contribution in [0.1, 0.15) is 26.7 Å². The Labute approximate surface area is 156 Å². The summed E-state index contributed by atoms with van der Waals surface area (Å²) in [6, 6.07) is 0.188. The van der Waals surface area contributed by atoms with Gasteiger partial charge in [-0.3, -0.25) is 4.79 Å². The number of amides is 2. The number of guanidine groups is 1. The van der Waals surface area contributed by atoms with Gasteiger partial charge in [0, 0.05) is 46.4 Å². The molecule has 1 aliphatic rings. The molecule has 0 aromatic rings. The molecule has 0 unspecified atom stereocenters. The average Bonchev–Trinajstić information content (AvgIpc) is 2.63. The first kappa shape index (κ1) is 22.0. The number of likely N-dealkylation sites (tertiary alicyclic amines) is 1. The lowest BCUT2D eigenvalue weighted by molar-refractivity contribution is -0.127. The Balaban J connectivity index is 2.52. The van der Waals surface area contributed by atoms with Crippen LogP contribution in [0.3, 0.4) is 0 Å². The largest absolute Gasteiger partial charge is 0.450 e. The lowest BCUT2D eigenvalue weighted by Gasteiger charge is -2.32. The van der Waals surface area contributed by atoms with Gasteiger partial charge < -0.3 is 29.9 Å². The molecule has 1 saturated heterocycles. The van der Waals surface area contributed by atoms with E-state index in [1.54, 1.807) is 25.9 Å². The number of likely N-dealkylation sites (N-methyl/N-ethyl adjacent to an activating group) is 1. The lowest BCUT2D eigenvalue weighted by Crippen LogP contribution is -2.50. The van der Waals surface area contributed by atoms with Crippen LogP contribution in [0.2, 0.25) is 0 Å². The van der Waals surface area contributed by atoms with Gasteiger partial charge in [0.1, 0.15) is 6.54 Å². The molecule has 9 heteroatoms. The molecule has 0 bridgehead atoms. The molecular formula is C17H33N5O4. The number of rotatable bonds is 8. The van der Waals surface area contributed by atoms with Crippen LogP contribution in [0, 0.1) is 0 Å². The van der Waals surface area contributed by atoms with E-state index in [0.29, 0.717) is 45.4 Å². The number of aliphatic imine (C=N–C) groups is 1. The molecule has 1 aliphatic heterocycles. The molecule has 1 fully saturated rings. The Morgan fingerprint density at radius 1 is 1.19 bits per heavy atom. The Bertz CT molecular complexity index is 462. The predicted molar refractivity (Wildman–Crippen MR) is 100 cm³/mol. The van der Waals surface area contributed by atoms with Crippen molar-refractivity contribution < 1.29 is 19.1 Å². The fraction of sp³-hybridized carbons (Fsp3) is 0.824. The first-order valence-electron chi connectivity index (χ1n) is 9.22. The highest BCUT2D eigenvalue weighted by Crippen LogP contribution is 2.11. The van der Waals surface area contributed by atoms with Gasteiger partial charge in [0.15, 0.2) is 5.96 Å². The lowest BCUT2D eigenvalue weighted by atomic mass is 10.1. The maximum Gasteiger partial charge on any atom is 0.409 e. The van der Waals surface area contributed by atoms with Crippen LogP contribution in [-0.2, 0) is 14.3 Å². The molecule has 0 aliphatic carbocycles. The number of nitrogens with one attached hydrogen (secondary N) is 2. The van der Waals surface area contributed by atoms with Gasteiger partial charge in [0.05, 0.1) is 13.2 Å². The van der Waals surface area contributed by atoms with Crippen molar-refractivity contribution in [2.45, 2.75) is 32.7 Å². The number of carbonyl (C=O) groups excluding carboxylic acids is 2. The quantitative estimate of drug-likeness (QED) is 0.361. The van der Waals surface area contributed by atoms with E-state index in [1.165, 1.54) is 4.90 Å². The van der Waals surface area contributed by atoms with E-state index in [0.717, 1.165) is 12.8 Å². The van der Waals surface area contributed by atoms with E-state index >= 15 is 0 Å². The van der Waals surface area contributed by atoms with Crippen LogP contribution in [0.15, 0.2) is 4.99 Å². The second-order valence-corrected chi connectivity index (χ2v) is 6.18. The summed E-state index contributed by atoms with van der Waals surface area (Å²) in [5.41, 5.74) is 0. The zero-order chi connectivity index (χ0) is 19.4. The van der Waals surface area contributed by atoms with Gasteiger partial charge >= 0.3 is 6.09 Å². The number of hydrogen-bond donors (Lipinski definition) is 2. The number of carbonyl (C=O) groups is 2. The van der Waals surface area contributed by atoms with E-state index in [1.807, 2.05) is 6.92 Å². The first-order chi connectivity index (χ1) is 12.5. The molecule has 0 saturated carbocycles. The average molecular weight is 371 g/mol. The van der Waals surface area contributed by atoms with Crippen LogP contribution in [0.25, 0.3) is 0 Å². The third-order valence-electron chi connectivity index (χ3n) is 3.98. The SMILES string of the molecule is CCOCCNC(=NCC(=O)N(C)C)NC1CCN(C(=O)OCC)CC1. The van der Waals surface area contributed by atoms with Crippen LogP contribution >= 0.6 is 0 Å². The zero-order valence-electron chi connectivity index (χ0n) is 16.4. The van der Waals surface area contributed by atoms with Gasteiger partial charge in [0.2, 0.25) is 5.91 Å². The fourth-order valence-corrected chi connectivity index (χ4v) is 2.44. The van der Waals surface area contributed by atoms with Crippen LogP contribution < -0.4 is 10.6 Å². The third kappa shape index (κ3) is 8.37. The monoisotopic (exact) mass is 371 g/mol. The first-order valence-corrected chi connectivity index (χ1v) is 9.22. The van der Waals surface area contributed by atoms with Gasteiger partial charge in [-0.1, -0.05) is 0 Å². The van der Waals surface area contributed by atoms with Crippen molar-refractivity contribution in [3.05, 3.63) is 0 Å². The minimum absolute atomic E-state index is 0.0620. The van der Waals surface area contributed by atoms with Gasteiger partial charge in [-0.15, -0.1) is 0 Å². The summed E-state index contributed by atoms with van der Waals surface area (Å²) in [5, 5.41) is 6.54. The van der Waals surface area contributed by atoms with E-state index in [-0.39, 0.29) is 24.6 Å². The minimum atomic E-state index is -0.258. The molecule has 0 aromatic carbocycles. The molecular weight excluding hydrogens is 338 g/mol. The van der Waals surface area contributed by atoms with Crippen molar-refractivity contribution in [3.8, 4) is 0 Å². The Hall–Kier alpha value is -2.03. The summed E-state index contributed by atoms with van der Waals surface area (Å²) in [6.45, 7) is 7.33. The van der Waals surface area contributed by atoms with Gasteiger partial charge in [0.25, 0.3) is 0 Å². The molecule has 150 valence electrons. The number of piperidine rings is 1. The number of hydrogen-bond acceptors (Lipinski definition) is 5. The molecule has 0 radical (unpaired) electrons. The molecule has 2 amide bonds. The zero-order valence-corrected chi connectivity index (χ0v) is 16.4. The smallest absolute Gasteiger partial charge is 0.409 e.